The zero-order valence-corrected chi connectivity index (χ0v) is 16.0. The van der Waals surface area contributed by atoms with Crippen molar-refractivity contribution in [2.75, 3.05) is 6.79 Å². The van der Waals surface area contributed by atoms with Crippen LogP contribution in [-0.4, -0.2) is 28.4 Å². The quantitative estimate of drug-likeness (QED) is 0.503. The molecule has 4 rings (SSSR count). The smallest absolute Gasteiger partial charge is 0.290 e. The van der Waals surface area contributed by atoms with Gasteiger partial charge in [0.2, 0.25) is 6.79 Å². The second-order valence-corrected chi connectivity index (χ2v) is 6.40. The Bertz CT molecular complexity index is 1230. The van der Waals surface area contributed by atoms with Gasteiger partial charge in [-0.3, -0.25) is 25.2 Å². The first-order valence-corrected chi connectivity index (χ1v) is 9.24. The number of hydrogen-bond donors (Lipinski definition) is 2. The second-order valence-electron chi connectivity index (χ2n) is 6.40. The Morgan fingerprint density at radius 2 is 1.87 bits per heavy atom. The molecule has 0 spiro atoms. The normalized spacial score (nSPS) is 12.3. The summed E-state index contributed by atoms with van der Waals surface area (Å²) in [7, 11) is 0. The van der Waals surface area contributed by atoms with E-state index in [-0.39, 0.29) is 18.0 Å². The molecule has 0 fully saturated rings. The maximum Gasteiger partial charge on any atom is 0.290 e. The van der Waals surface area contributed by atoms with Crippen molar-refractivity contribution in [2.45, 2.75) is 13.5 Å². The summed E-state index contributed by atoms with van der Waals surface area (Å²) in [6.45, 7) is 2.24. The van der Waals surface area contributed by atoms with E-state index in [0.29, 0.717) is 28.8 Å². The molecule has 152 valence electrons. The molecule has 0 bridgehead atoms. The number of nitrogens with one attached hydrogen (secondary N) is 2. The number of benzene rings is 2. The lowest BCUT2D eigenvalue weighted by atomic mass is 10.1. The van der Waals surface area contributed by atoms with E-state index in [1.807, 2.05) is 0 Å². The Morgan fingerprint density at radius 1 is 1.10 bits per heavy atom. The molecule has 1 aliphatic heterocycles. The predicted molar refractivity (Wildman–Crippen MR) is 109 cm³/mol. The van der Waals surface area contributed by atoms with Crippen LogP contribution >= 0.6 is 0 Å². The number of ether oxygens (including phenoxy) is 2. The minimum absolute atomic E-state index is 0.0482. The predicted octanol–water partition coefficient (Wildman–Crippen LogP) is 1.62. The number of hydrazine groups is 1. The Morgan fingerprint density at radius 3 is 2.67 bits per heavy atom. The van der Waals surface area contributed by atoms with Gasteiger partial charge < -0.3 is 9.47 Å². The van der Waals surface area contributed by atoms with Crippen molar-refractivity contribution in [1.29, 1.82) is 0 Å². The van der Waals surface area contributed by atoms with Gasteiger partial charge in [0.15, 0.2) is 17.2 Å². The van der Waals surface area contributed by atoms with Gasteiger partial charge in [-0.15, -0.1) is 0 Å². The minimum atomic E-state index is -0.627. The Labute approximate surface area is 170 Å². The van der Waals surface area contributed by atoms with Gasteiger partial charge in [-0.1, -0.05) is 24.3 Å². The number of hydrogen-bond acceptors (Lipinski definition) is 6. The zero-order valence-electron chi connectivity index (χ0n) is 16.0. The third kappa shape index (κ3) is 3.72. The van der Waals surface area contributed by atoms with Gasteiger partial charge in [-0.2, -0.15) is 5.10 Å². The van der Waals surface area contributed by atoms with E-state index in [1.54, 1.807) is 55.5 Å². The maximum atomic E-state index is 12.6. The van der Waals surface area contributed by atoms with Crippen LogP contribution in [0.15, 0.2) is 53.3 Å². The third-order valence-corrected chi connectivity index (χ3v) is 4.51. The molecule has 0 radical (unpaired) electrons. The van der Waals surface area contributed by atoms with Crippen molar-refractivity contribution in [2.24, 2.45) is 0 Å². The van der Waals surface area contributed by atoms with Crippen LogP contribution in [0.4, 0.5) is 0 Å². The van der Waals surface area contributed by atoms with Gasteiger partial charge in [0.1, 0.15) is 0 Å². The molecule has 2 N–H and O–H groups in total. The lowest BCUT2D eigenvalue weighted by Gasteiger charge is -2.10. The van der Waals surface area contributed by atoms with Crippen LogP contribution in [0.3, 0.4) is 0 Å². The van der Waals surface area contributed by atoms with E-state index in [0.717, 1.165) is 5.56 Å². The highest BCUT2D eigenvalue weighted by Gasteiger charge is 2.16. The van der Waals surface area contributed by atoms with Crippen molar-refractivity contribution in [1.82, 2.24) is 20.6 Å². The maximum absolute atomic E-state index is 12.6. The molecule has 0 aliphatic carbocycles. The van der Waals surface area contributed by atoms with E-state index in [1.165, 1.54) is 10.8 Å². The molecule has 2 heterocycles. The molecule has 1 aromatic heterocycles. The fraction of sp³-hybridized carbons (Fsp3) is 0.143. The summed E-state index contributed by atoms with van der Waals surface area (Å²) in [5, 5.41) is 4.92. The summed E-state index contributed by atoms with van der Waals surface area (Å²) in [6.07, 6.45) is 2.85. The fourth-order valence-corrected chi connectivity index (χ4v) is 3.03. The first-order valence-electron chi connectivity index (χ1n) is 9.24. The highest BCUT2D eigenvalue weighted by atomic mass is 16.7. The largest absolute Gasteiger partial charge is 0.454 e. The molecular weight excluding hydrogens is 388 g/mol. The van der Waals surface area contributed by atoms with Crippen LogP contribution in [0.1, 0.15) is 23.0 Å². The summed E-state index contributed by atoms with van der Waals surface area (Å²) in [6, 6.07) is 12.0. The SMILES string of the molecule is CCn1nc(C(=O)NNC(=O)/C=C/c2ccc3c(c2)OCO3)c2ccccc2c1=O. The molecule has 9 nitrogen and oxygen atoms in total. The first kappa shape index (κ1) is 19.2. The molecule has 9 heteroatoms. The van der Waals surface area contributed by atoms with Gasteiger partial charge in [-0.05, 0) is 36.8 Å². The van der Waals surface area contributed by atoms with E-state index in [2.05, 4.69) is 16.0 Å². The van der Waals surface area contributed by atoms with Gasteiger partial charge in [0.05, 0.1) is 5.39 Å². The van der Waals surface area contributed by atoms with Crippen molar-refractivity contribution in [3.8, 4) is 11.5 Å². The van der Waals surface area contributed by atoms with Gasteiger partial charge >= 0.3 is 0 Å². The molecule has 0 unspecified atom stereocenters. The molecular formula is C21H18N4O5. The van der Waals surface area contributed by atoms with Crippen molar-refractivity contribution in [3.05, 3.63) is 70.2 Å². The van der Waals surface area contributed by atoms with E-state index in [4.69, 9.17) is 9.47 Å². The number of aromatic nitrogens is 2. The molecule has 3 aromatic rings. The molecule has 1 aliphatic rings. The standard InChI is InChI=1S/C21H18N4O5/c1-2-25-21(28)15-6-4-3-5-14(15)19(24-25)20(27)23-22-18(26)10-8-13-7-9-16-17(11-13)30-12-29-16/h3-11H,2,12H2,1H3,(H,22,26)(H,23,27)/b10-8+. The Hall–Kier alpha value is -4.14. The average Bonchev–Trinajstić information content (AvgIpc) is 3.24. The molecule has 2 aromatic carbocycles. The van der Waals surface area contributed by atoms with Gasteiger partial charge in [0.25, 0.3) is 17.4 Å². The topological polar surface area (TPSA) is 112 Å². The van der Waals surface area contributed by atoms with Crippen LogP contribution in [0.25, 0.3) is 16.8 Å². The molecule has 0 saturated heterocycles. The molecule has 30 heavy (non-hydrogen) atoms. The number of carbonyl (C=O) groups is 2. The molecule has 2 amide bonds. The van der Waals surface area contributed by atoms with E-state index >= 15 is 0 Å². The number of rotatable bonds is 4. The van der Waals surface area contributed by atoms with Crippen LogP contribution in [0.2, 0.25) is 0 Å². The number of nitrogens with zero attached hydrogens (tertiary/aromatic N) is 2. The fourth-order valence-electron chi connectivity index (χ4n) is 3.03. The number of carbonyl (C=O) groups excluding carboxylic acids is 2. The van der Waals surface area contributed by atoms with Gasteiger partial charge in [-0.25, -0.2) is 4.68 Å². The van der Waals surface area contributed by atoms with Gasteiger partial charge in [0, 0.05) is 18.0 Å². The van der Waals surface area contributed by atoms with Crippen LogP contribution in [0.5, 0.6) is 11.5 Å². The Balaban J connectivity index is 1.46. The summed E-state index contributed by atoms with van der Waals surface area (Å²) in [5.74, 6) is 0.0965. The Kier molecular flexibility index (Phi) is 5.17. The molecule has 0 atom stereocenters. The monoisotopic (exact) mass is 406 g/mol. The van der Waals surface area contributed by atoms with Crippen molar-refractivity contribution < 1.29 is 19.1 Å². The second kappa shape index (κ2) is 8.08. The van der Waals surface area contributed by atoms with Crippen molar-refractivity contribution >= 4 is 28.7 Å². The zero-order chi connectivity index (χ0) is 21.1. The van der Waals surface area contributed by atoms with Crippen molar-refractivity contribution in [3.63, 3.8) is 0 Å². The number of amides is 2. The lowest BCUT2D eigenvalue weighted by Crippen LogP contribution is -2.42. The summed E-state index contributed by atoms with van der Waals surface area (Å²) in [4.78, 5) is 37.0. The highest BCUT2D eigenvalue weighted by Crippen LogP contribution is 2.32. The highest BCUT2D eigenvalue weighted by molar-refractivity contribution is 6.05. The molecule has 0 saturated carbocycles. The summed E-state index contributed by atoms with van der Waals surface area (Å²) < 4.78 is 11.7. The van der Waals surface area contributed by atoms with Crippen LogP contribution in [0, 0.1) is 0 Å². The summed E-state index contributed by atoms with van der Waals surface area (Å²) >= 11 is 0. The van der Waals surface area contributed by atoms with E-state index < -0.39 is 11.8 Å². The van der Waals surface area contributed by atoms with E-state index in [9.17, 15) is 14.4 Å². The summed E-state index contributed by atoms with van der Waals surface area (Å²) in [5.41, 5.74) is 5.15. The van der Waals surface area contributed by atoms with Crippen LogP contribution < -0.4 is 25.9 Å². The van der Waals surface area contributed by atoms with Crippen LogP contribution in [-0.2, 0) is 11.3 Å². The minimum Gasteiger partial charge on any atom is -0.454 e. The lowest BCUT2D eigenvalue weighted by molar-refractivity contribution is -0.117. The average molecular weight is 406 g/mol. The number of aryl methyl sites for hydroxylation is 1. The third-order valence-electron chi connectivity index (χ3n) is 4.51. The number of fused-ring (bicyclic) bond motifs is 2. The first-order chi connectivity index (χ1) is 14.6.